The molecule has 0 bridgehead atoms. The van der Waals surface area contributed by atoms with E-state index in [-0.39, 0.29) is 11.8 Å². The quantitative estimate of drug-likeness (QED) is 0.850. The number of hydrogen-bond donors (Lipinski definition) is 1. The normalized spacial score (nSPS) is 10.8. The van der Waals surface area contributed by atoms with E-state index < -0.39 is 0 Å². The fourth-order valence-electron chi connectivity index (χ4n) is 2.37. The zero-order chi connectivity index (χ0) is 15.1. The number of nitrogens with zero attached hydrogens (tertiary/aromatic N) is 2. The van der Waals surface area contributed by atoms with Crippen LogP contribution in [0.4, 0.5) is 0 Å². The Morgan fingerprint density at radius 1 is 1.24 bits per heavy atom. The van der Waals surface area contributed by atoms with Crippen LogP contribution in [0.1, 0.15) is 32.3 Å². The molecule has 2 aromatic rings. The van der Waals surface area contributed by atoms with Crippen LogP contribution in [0.15, 0.2) is 42.7 Å². The van der Waals surface area contributed by atoms with E-state index in [9.17, 15) is 4.79 Å². The summed E-state index contributed by atoms with van der Waals surface area (Å²) in [7, 11) is 0. The van der Waals surface area contributed by atoms with Crippen molar-refractivity contribution in [3.63, 3.8) is 0 Å². The van der Waals surface area contributed by atoms with Gasteiger partial charge in [-0.2, -0.15) is 5.10 Å². The molecule has 1 aromatic heterocycles. The summed E-state index contributed by atoms with van der Waals surface area (Å²) in [5.41, 5.74) is 2.26. The van der Waals surface area contributed by atoms with E-state index in [2.05, 4.69) is 36.4 Å². The Hall–Kier alpha value is -2.10. The van der Waals surface area contributed by atoms with E-state index in [0.717, 1.165) is 24.9 Å². The average Bonchev–Trinajstić information content (AvgIpc) is 3.03. The first-order chi connectivity index (χ1) is 10.2. The lowest BCUT2D eigenvalue weighted by Gasteiger charge is -2.12. The van der Waals surface area contributed by atoms with Gasteiger partial charge in [-0.25, -0.2) is 4.68 Å². The Bertz CT molecular complexity index is 542. The minimum atomic E-state index is 0.146. The fourth-order valence-corrected chi connectivity index (χ4v) is 2.37. The molecule has 0 saturated carbocycles. The first-order valence-electron chi connectivity index (χ1n) is 7.61. The minimum Gasteiger partial charge on any atom is -0.356 e. The number of benzene rings is 1. The maximum absolute atomic E-state index is 11.9. The standard InChI is InChI=1S/C17H23N3O/c1-3-15(4-2)17(21)18-12-10-14-6-8-16(9-7-14)20-13-5-11-19-20/h5-9,11,13,15H,3-4,10,12H2,1-2H3,(H,18,21). The van der Waals surface area contributed by atoms with Crippen LogP contribution in [0.3, 0.4) is 0 Å². The molecule has 0 saturated heterocycles. The largest absolute Gasteiger partial charge is 0.356 e. The number of amides is 1. The number of hydrogen-bond acceptors (Lipinski definition) is 2. The van der Waals surface area contributed by atoms with E-state index in [1.54, 1.807) is 6.20 Å². The van der Waals surface area contributed by atoms with Gasteiger partial charge in [0.1, 0.15) is 0 Å². The zero-order valence-corrected chi connectivity index (χ0v) is 12.7. The molecule has 1 heterocycles. The average molecular weight is 285 g/mol. The Labute approximate surface area is 126 Å². The van der Waals surface area contributed by atoms with Gasteiger partial charge >= 0.3 is 0 Å². The van der Waals surface area contributed by atoms with Crippen molar-refractivity contribution in [2.75, 3.05) is 6.54 Å². The monoisotopic (exact) mass is 285 g/mol. The molecule has 0 aliphatic rings. The van der Waals surface area contributed by atoms with E-state index >= 15 is 0 Å². The highest BCUT2D eigenvalue weighted by Gasteiger charge is 2.12. The molecular formula is C17H23N3O. The van der Waals surface area contributed by atoms with Gasteiger partial charge in [-0.15, -0.1) is 0 Å². The van der Waals surface area contributed by atoms with E-state index in [4.69, 9.17) is 0 Å². The topological polar surface area (TPSA) is 46.9 Å². The van der Waals surface area contributed by atoms with E-state index in [1.165, 1.54) is 5.56 Å². The summed E-state index contributed by atoms with van der Waals surface area (Å²) in [6.45, 7) is 4.81. The molecule has 4 heteroatoms. The molecule has 0 aliphatic carbocycles. The van der Waals surface area contributed by atoms with Gasteiger partial charge in [0.2, 0.25) is 5.91 Å². The number of aromatic nitrogens is 2. The lowest BCUT2D eigenvalue weighted by atomic mass is 10.0. The first-order valence-corrected chi connectivity index (χ1v) is 7.61. The molecule has 0 fully saturated rings. The summed E-state index contributed by atoms with van der Waals surface area (Å²) < 4.78 is 1.83. The van der Waals surface area contributed by atoms with Crippen molar-refractivity contribution in [1.82, 2.24) is 15.1 Å². The third-order valence-corrected chi connectivity index (χ3v) is 3.77. The van der Waals surface area contributed by atoms with E-state index in [0.29, 0.717) is 6.54 Å². The maximum Gasteiger partial charge on any atom is 0.223 e. The van der Waals surface area contributed by atoms with Crippen LogP contribution in [-0.4, -0.2) is 22.2 Å². The Morgan fingerprint density at radius 3 is 2.52 bits per heavy atom. The van der Waals surface area contributed by atoms with Gasteiger partial charge in [0.05, 0.1) is 5.69 Å². The van der Waals surface area contributed by atoms with Crippen LogP contribution < -0.4 is 5.32 Å². The second-order valence-electron chi connectivity index (χ2n) is 5.17. The summed E-state index contributed by atoms with van der Waals surface area (Å²) in [6.07, 6.45) is 6.35. The molecule has 4 nitrogen and oxygen atoms in total. The molecule has 0 atom stereocenters. The van der Waals surface area contributed by atoms with Gasteiger partial charge in [0.15, 0.2) is 0 Å². The highest BCUT2D eigenvalue weighted by atomic mass is 16.1. The van der Waals surface area contributed by atoms with Crippen LogP contribution >= 0.6 is 0 Å². The molecule has 1 aromatic carbocycles. The second kappa shape index (κ2) is 7.62. The molecule has 2 rings (SSSR count). The van der Waals surface area contributed by atoms with Gasteiger partial charge in [0, 0.05) is 24.9 Å². The van der Waals surface area contributed by atoms with Gasteiger partial charge in [-0.3, -0.25) is 4.79 Å². The van der Waals surface area contributed by atoms with Crippen LogP contribution in [0.2, 0.25) is 0 Å². The van der Waals surface area contributed by atoms with E-state index in [1.807, 2.05) is 29.1 Å². The number of carbonyl (C=O) groups excluding carboxylic acids is 1. The smallest absolute Gasteiger partial charge is 0.223 e. The Morgan fingerprint density at radius 2 is 1.95 bits per heavy atom. The lowest BCUT2D eigenvalue weighted by Crippen LogP contribution is -2.31. The minimum absolute atomic E-state index is 0.146. The van der Waals surface area contributed by atoms with Crippen molar-refractivity contribution < 1.29 is 4.79 Å². The van der Waals surface area contributed by atoms with Crippen LogP contribution in [0.25, 0.3) is 5.69 Å². The third kappa shape index (κ3) is 4.18. The van der Waals surface area contributed by atoms with Crippen molar-refractivity contribution >= 4 is 5.91 Å². The fraction of sp³-hybridized carbons (Fsp3) is 0.412. The van der Waals surface area contributed by atoms with Crippen molar-refractivity contribution in [3.05, 3.63) is 48.3 Å². The molecule has 0 radical (unpaired) electrons. The lowest BCUT2D eigenvalue weighted by molar-refractivity contribution is -0.125. The SMILES string of the molecule is CCC(CC)C(=O)NCCc1ccc(-n2cccn2)cc1. The Balaban J connectivity index is 1.83. The summed E-state index contributed by atoms with van der Waals surface area (Å²) >= 11 is 0. The van der Waals surface area contributed by atoms with Crippen LogP contribution in [-0.2, 0) is 11.2 Å². The highest BCUT2D eigenvalue weighted by molar-refractivity contribution is 5.78. The number of carbonyl (C=O) groups is 1. The zero-order valence-electron chi connectivity index (χ0n) is 12.7. The van der Waals surface area contributed by atoms with Crippen molar-refractivity contribution in [1.29, 1.82) is 0 Å². The van der Waals surface area contributed by atoms with Gasteiger partial charge < -0.3 is 5.32 Å². The predicted octanol–water partition coefficient (Wildman–Crippen LogP) is 2.97. The molecule has 21 heavy (non-hydrogen) atoms. The van der Waals surface area contributed by atoms with Crippen LogP contribution in [0, 0.1) is 5.92 Å². The molecule has 0 aliphatic heterocycles. The molecule has 1 N–H and O–H groups in total. The first kappa shape index (κ1) is 15.3. The Kier molecular flexibility index (Phi) is 5.55. The molecule has 0 spiro atoms. The highest BCUT2D eigenvalue weighted by Crippen LogP contribution is 2.10. The summed E-state index contributed by atoms with van der Waals surface area (Å²) in [5, 5.41) is 7.22. The van der Waals surface area contributed by atoms with Gasteiger partial charge in [-0.1, -0.05) is 26.0 Å². The van der Waals surface area contributed by atoms with Gasteiger partial charge in [0.25, 0.3) is 0 Å². The van der Waals surface area contributed by atoms with Crippen LogP contribution in [0.5, 0.6) is 0 Å². The molecule has 112 valence electrons. The number of rotatable bonds is 7. The van der Waals surface area contributed by atoms with Crippen molar-refractivity contribution in [2.45, 2.75) is 33.1 Å². The predicted molar refractivity (Wildman–Crippen MR) is 84.3 cm³/mol. The van der Waals surface area contributed by atoms with Gasteiger partial charge in [-0.05, 0) is 43.0 Å². The third-order valence-electron chi connectivity index (χ3n) is 3.77. The summed E-state index contributed by atoms with van der Waals surface area (Å²) in [4.78, 5) is 11.9. The van der Waals surface area contributed by atoms with Crippen molar-refractivity contribution in [3.8, 4) is 5.69 Å². The number of nitrogens with one attached hydrogen (secondary N) is 1. The summed E-state index contributed by atoms with van der Waals surface area (Å²) in [5.74, 6) is 0.320. The second-order valence-corrected chi connectivity index (χ2v) is 5.17. The van der Waals surface area contributed by atoms with Crippen molar-refractivity contribution in [2.24, 2.45) is 5.92 Å². The molecular weight excluding hydrogens is 262 g/mol. The molecule has 1 amide bonds. The summed E-state index contributed by atoms with van der Waals surface area (Å²) in [6, 6.07) is 10.2. The molecule has 0 unspecified atom stereocenters. The maximum atomic E-state index is 11.9.